The summed E-state index contributed by atoms with van der Waals surface area (Å²) >= 11 is 0. The van der Waals surface area contributed by atoms with Crippen LogP contribution in [0.2, 0.25) is 0 Å². The van der Waals surface area contributed by atoms with E-state index in [-0.39, 0.29) is 23.1 Å². The topological polar surface area (TPSA) is 138 Å². The summed E-state index contributed by atoms with van der Waals surface area (Å²) < 4.78 is 35.5. The highest BCUT2D eigenvalue weighted by Gasteiger charge is 2.19. The molecule has 0 aliphatic heterocycles. The molecule has 0 aliphatic rings. The molecular formula is C25H37N3O6S+2. The number of hydrogen-bond acceptors (Lipinski definition) is 6. The summed E-state index contributed by atoms with van der Waals surface area (Å²) in [4.78, 5) is 13.3. The molecule has 0 heterocycles. The molecule has 2 atom stereocenters. The minimum Gasteiger partial charge on any atom is -0.488 e. The molecule has 0 saturated heterocycles. The molecule has 0 spiro atoms. The number of nitrogens with two attached hydrogens (primary N) is 1. The van der Waals surface area contributed by atoms with Crippen molar-refractivity contribution >= 4 is 22.3 Å². The summed E-state index contributed by atoms with van der Waals surface area (Å²) in [6.45, 7) is 8.14. The lowest BCUT2D eigenvalue weighted by molar-refractivity contribution is -0.115. The van der Waals surface area contributed by atoms with Crippen molar-refractivity contribution in [2.24, 2.45) is 0 Å². The summed E-state index contributed by atoms with van der Waals surface area (Å²) in [5.74, 6) is 1.02. The molecule has 0 fully saturated rings. The van der Waals surface area contributed by atoms with Gasteiger partial charge < -0.3 is 24.1 Å². The Bertz CT molecular complexity index is 1040. The maximum atomic E-state index is 12.8. The summed E-state index contributed by atoms with van der Waals surface area (Å²) in [6.07, 6.45) is 4.32. The van der Waals surface area contributed by atoms with Crippen LogP contribution in [-0.4, -0.2) is 52.5 Å². The van der Waals surface area contributed by atoms with E-state index in [1.807, 2.05) is 27.7 Å². The average molecular weight is 508 g/mol. The number of ether oxygens (including phenoxy) is 3. The fourth-order valence-corrected chi connectivity index (χ4v) is 3.46. The van der Waals surface area contributed by atoms with E-state index in [9.17, 15) is 9.35 Å². The van der Waals surface area contributed by atoms with Crippen LogP contribution < -0.4 is 25.5 Å². The molecule has 7 N–H and O–H groups in total. The minimum atomic E-state index is -2.58. The Balaban J connectivity index is 2.29. The van der Waals surface area contributed by atoms with E-state index in [4.69, 9.17) is 24.2 Å². The Kier molecular flexibility index (Phi) is 9.73. The van der Waals surface area contributed by atoms with Gasteiger partial charge in [-0.3, -0.25) is 9.96 Å². The maximum absolute atomic E-state index is 12.8. The van der Waals surface area contributed by atoms with Crippen molar-refractivity contribution < 1.29 is 33.5 Å². The van der Waals surface area contributed by atoms with Gasteiger partial charge in [-0.2, -0.15) is 0 Å². The molecule has 0 radical (unpaired) electrons. The van der Waals surface area contributed by atoms with Crippen molar-refractivity contribution in [3.05, 3.63) is 60.3 Å². The van der Waals surface area contributed by atoms with E-state index in [2.05, 4.69) is 10.6 Å². The highest BCUT2D eigenvalue weighted by Crippen LogP contribution is 2.44. The maximum Gasteiger partial charge on any atom is 0.339 e. The second-order valence-corrected chi connectivity index (χ2v) is 11.2. The van der Waals surface area contributed by atoms with Gasteiger partial charge in [-0.15, -0.1) is 0 Å². The average Bonchev–Trinajstić information content (AvgIpc) is 2.75. The molecule has 2 rings (SSSR count). The summed E-state index contributed by atoms with van der Waals surface area (Å²) in [5, 5.41) is 11.3. The van der Waals surface area contributed by atoms with E-state index in [0.717, 1.165) is 0 Å². The predicted molar refractivity (Wildman–Crippen MR) is 139 cm³/mol. The normalized spacial score (nSPS) is 15.1. The molecule has 0 aliphatic carbocycles. The van der Waals surface area contributed by atoms with Crippen LogP contribution in [0.1, 0.15) is 38.1 Å². The molecule has 1 unspecified atom stereocenters. The fraction of sp³-hybridized carbons (Fsp3) is 0.360. The first-order chi connectivity index (χ1) is 16.3. The highest BCUT2D eigenvalue weighted by atomic mass is 32.3. The van der Waals surface area contributed by atoms with Crippen molar-refractivity contribution in [2.45, 2.75) is 44.3 Å². The second kappa shape index (κ2) is 12.1. The number of amides is 1. The molecule has 0 saturated carbocycles. The van der Waals surface area contributed by atoms with Gasteiger partial charge in [0.15, 0.2) is 0 Å². The Morgan fingerprint density at radius 3 is 2.37 bits per heavy atom. The molecule has 0 bridgehead atoms. The largest absolute Gasteiger partial charge is 0.488 e. The molecular weight excluding hydrogens is 470 g/mol. The zero-order valence-electron chi connectivity index (χ0n) is 21.0. The quantitative estimate of drug-likeness (QED) is 0.222. The first kappa shape index (κ1) is 28.2. The third-order valence-electron chi connectivity index (χ3n) is 4.44. The van der Waals surface area contributed by atoms with Gasteiger partial charge in [-0.1, -0.05) is 10.6 Å². The van der Waals surface area contributed by atoms with Crippen molar-refractivity contribution in [1.29, 1.82) is 0 Å². The monoisotopic (exact) mass is 507 g/mol. The van der Waals surface area contributed by atoms with E-state index in [0.29, 0.717) is 28.8 Å². The molecule has 35 heavy (non-hydrogen) atoms. The molecule has 2 aromatic carbocycles. The van der Waals surface area contributed by atoms with Gasteiger partial charge in [0.1, 0.15) is 28.2 Å². The number of carbonyl (C=O) groups is 1. The first-order valence-electron chi connectivity index (χ1n) is 11.0. The Morgan fingerprint density at radius 2 is 1.80 bits per heavy atom. The standard InChI is InChI=1S/C25H35N3O6S/c1-17(16-32-25(2,3)4)33-20-13-18(24(29)28-23(26)11-12-27-5)14-21(15-20)34-19-7-9-22(10-8-19)35(6,30)31/h7-15,17,27,30-31H,16H2,1-6H3,(H2,26,28,29)/p+2/b12-11-/t17-/m0/s1. The summed E-state index contributed by atoms with van der Waals surface area (Å²) in [6, 6.07) is 11.5. The second-order valence-electron chi connectivity index (χ2n) is 9.03. The number of nitrogens with one attached hydrogen (secondary N) is 2. The molecule has 0 aromatic heterocycles. The van der Waals surface area contributed by atoms with Gasteiger partial charge in [0.2, 0.25) is 0 Å². The Hall–Kier alpha value is -3.05. The number of hydrogen-bond donors (Lipinski definition) is 4. The zero-order chi connectivity index (χ0) is 26.2. The lowest BCUT2D eigenvalue weighted by Crippen LogP contribution is -2.49. The SMILES string of the molecule is CN/C=C\C(=[NH2+])NC(=O)c1cc(Oc2ccc(S(C)(O)[OH2+])cc2)cc(O[C@@H](C)COC(C)(C)C)c1. The lowest BCUT2D eigenvalue weighted by atomic mass is 10.1. The van der Waals surface area contributed by atoms with E-state index >= 15 is 0 Å². The highest BCUT2D eigenvalue weighted by molar-refractivity contribution is 8.23. The third kappa shape index (κ3) is 9.99. The van der Waals surface area contributed by atoms with Crippen molar-refractivity contribution in [1.82, 2.24) is 10.6 Å². The van der Waals surface area contributed by atoms with Crippen LogP contribution in [0.25, 0.3) is 0 Å². The van der Waals surface area contributed by atoms with Crippen molar-refractivity contribution in [2.75, 3.05) is 19.9 Å². The van der Waals surface area contributed by atoms with Crippen molar-refractivity contribution in [3.8, 4) is 17.2 Å². The van der Waals surface area contributed by atoms with Gasteiger partial charge in [0, 0.05) is 25.4 Å². The molecule has 1 amide bonds. The van der Waals surface area contributed by atoms with Crippen LogP contribution in [-0.2, 0) is 4.74 Å². The van der Waals surface area contributed by atoms with Gasteiger partial charge >= 0.3 is 5.91 Å². The lowest BCUT2D eigenvalue weighted by Gasteiger charge is -2.23. The van der Waals surface area contributed by atoms with Crippen LogP contribution in [0, 0.1) is 0 Å². The van der Waals surface area contributed by atoms with Crippen LogP contribution in [0.4, 0.5) is 0 Å². The van der Waals surface area contributed by atoms with Crippen LogP contribution >= 0.6 is 10.6 Å². The van der Waals surface area contributed by atoms with Crippen LogP contribution in [0.15, 0.2) is 59.6 Å². The Labute approximate surface area is 208 Å². The molecule has 192 valence electrons. The smallest absolute Gasteiger partial charge is 0.339 e. The number of amidine groups is 1. The van der Waals surface area contributed by atoms with E-state index in [1.54, 1.807) is 55.7 Å². The van der Waals surface area contributed by atoms with Gasteiger partial charge in [0.05, 0.1) is 24.0 Å². The molecule has 2 aromatic rings. The van der Waals surface area contributed by atoms with Crippen LogP contribution in [0.5, 0.6) is 17.2 Å². The third-order valence-corrected chi connectivity index (χ3v) is 5.63. The Morgan fingerprint density at radius 1 is 1.17 bits per heavy atom. The summed E-state index contributed by atoms with van der Waals surface area (Å²) in [7, 11) is -0.858. The number of carbonyl (C=O) groups excluding carboxylic acids is 1. The van der Waals surface area contributed by atoms with Crippen molar-refractivity contribution in [3.63, 3.8) is 0 Å². The van der Waals surface area contributed by atoms with Gasteiger partial charge in [0.25, 0.3) is 5.84 Å². The van der Waals surface area contributed by atoms with Gasteiger partial charge in [-0.05, 0) is 64.1 Å². The predicted octanol–water partition coefficient (Wildman–Crippen LogP) is 2.59. The molecule has 10 heteroatoms. The zero-order valence-corrected chi connectivity index (χ0v) is 21.9. The summed E-state index contributed by atoms with van der Waals surface area (Å²) in [5.41, 5.74) is -0.0169. The first-order valence-corrected chi connectivity index (χ1v) is 13.0. The molecule has 9 nitrogen and oxygen atoms in total. The number of rotatable bonds is 10. The number of benzene rings is 2. The van der Waals surface area contributed by atoms with Crippen LogP contribution in [0.3, 0.4) is 0 Å². The minimum absolute atomic E-state index is 0.172. The van der Waals surface area contributed by atoms with E-state index in [1.165, 1.54) is 12.3 Å². The fourth-order valence-electron chi connectivity index (χ4n) is 2.79. The van der Waals surface area contributed by atoms with E-state index < -0.39 is 16.5 Å². The van der Waals surface area contributed by atoms with Gasteiger partial charge in [-0.25, -0.2) is 10.1 Å².